The normalized spacial score (nSPS) is 13.8. The predicted octanol–water partition coefficient (Wildman–Crippen LogP) is 10.5. The molecule has 0 aliphatic rings. The lowest BCUT2D eigenvalue weighted by atomic mass is 9.93. The number of rotatable bonds is 29. The maximum atomic E-state index is 12.5. The fourth-order valence-corrected chi connectivity index (χ4v) is 4.77. The number of ketones is 1. The maximum absolute atomic E-state index is 12.5. The van der Waals surface area contributed by atoms with Crippen LogP contribution in [0.1, 0.15) is 155 Å². The number of carboxylic acids is 1. The third kappa shape index (κ3) is 26.3. The van der Waals surface area contributed by atoms with Gasteiger partial charge in [0, 0.05) is 6.42 Å². The molecule has 0 radical (unpaired) electrons. The van der Waals surface area contributed by atoms with Gasteiger partial charge in [-0.05, 0) is 70.6 Å². The van der Waals surface area contributed by atoms with Crippen molar-refractivity contribution in [2.24, 2.45) is 5.92 Å². The van der Waals surface area contributed by atoms with Crippen LogP contribution in [0.5, 0.6) is 0 Å². The van der Waals surface area contributed by atoms with E-state index >= 15 is 0 Å². The van der Waals surface area contributed by atoms with Crippen molar-refractivity contribution in [3.63, 3.8) is 0 Å². The average molecular weight is 559 g/mol. The average Bonchev–Trinajstić information content (AvgIpc) is 2.94. The minimum Gasteiger partial charge on any atom is -0.481 e. The highest BCUT2D eigenvalue weighted by molar-refractivity contribution is 5.98. The van der Waals surface area contributed by atoms with Crippen molar-refractivity contribution in [1.29, 1.82) is 0 Å². The summed E-state index contributed by atoms with van der Waals surface area (Å²) in [7, 11) is 0. The summed E-state index contributed by atoms with van der Waals surface area (Å²) in [6, 6.07) is 0. The number of hydrogen-bond acceptors (Lipinski definition) is 3. The fourth-order valence-electron chi connectivity index (χ4n) is 4.77. The molecule has 230 valence electrons. The summed E-state index contributed by atoms with van der Waals surface area (Å²) >= 11 is 0. The quantitative estimate of drug-likeness (QED) is 0.0544. The number of allylic oxidation sites excluding steroid dienone is 7. The van der Waals surface area contributed by atoms with Crippen molar-refractivity contribution in [2.75, 3.05) is 0 Å². The first-order valence-corrected chi connectivity index (χ1v) is 16.6. The minimum atomic E-state index is -0.958. The van der Waals surface area contributed by atoms with Crippen molar-refractivity contribution >= 4 is 11.8 Å². The summed E-state index contributed by atoms with van der Waals surface area (Å²) in [6.45, 7) is 4.34. The highest BCUT2D eigenvalue weighted by atomic mass is 16.4. The molecule has 0 amide bonds. The number of hydrogen-bond donors (Lipinski definition) is 2. The first kappa shape index (κ1) is 38.1. The molecule has 40 heavy (non-hydrogen) atoms. The second-order valence-corrected chi connectivity index (χ2v) is 11.2. The SMILES string of the molecule is CC/C=C\C/C=C\C/C=C\CCCCCCCC(=O)C(CCCCCC/C=C\CC(O)CCCCCC)C(=O)O. The lowest BCUT2D eigenvalue weighted by molar-refractivity contribution is -0.146. The Morgan fingerprint density at radius 1 is 0.600 bits per heavy atom. The van der Waals surface area contributed by atoms with E-state index in [1.165, 1.54) is 25.7 Å². The Hall–Kier alpha value is -1.94. The molecule has 2 atom stereocenters. The van der Waals surface area contributed by atoms with Crippen LogP contribution in [0.2, 0.25) is 0 Å². The summed E-state index contributed by atoms with van der Waals surface area (Å²) < 4.78 is 0. The van der Waals surface area contributed by atoms with Crippen molar-refractivity contribution in [3.05, 3.63) is 48.6 Å². The van der Waals surface area contributed by atoms with Gasteiger partial charge in [0.2, 0.25) is 0 Å². The fraction of sp³-hybridized carbons (Fsp3) is 0.722. The topological polar surface area (TPSA) is 74.6 Å². The second kappa shape index (κ2) is 30.0. The second-order valence-electron chi connectivity index (χ2n) is 11.2. The predicted molar refractivity (Wildman–Crippen MR) is 172 cm³/mol. The van der Waals surface area contributed by atoms with Gasteiger partial charge in [-0.25, -0.2) is 0 Å². The first-order chi connectivity index (χ1) is 19.5. The number of unbranched alkanes of at least 4 members (excludes halogenated alkanes) is 12. The van der Waals surface area contributed by atoms with Gasteiger partial charge in [-0.2, -0.15) is 0 Å². The Labute approximate surface area is 247 Å². The van der Waals surface area contributed by atoms with Gasteiger partial charge in [0.15, 0.2) is 0 Å². The van der Waals surface area contributed by atoms with E-state index in [1.54, 1.807) is 0 Å². The van der Waals surface area contributed by atoms with Crippen LogP contribution in [0.25, 0.3) is 0 Å². The third-order valence-electron chi connectivity index (χ3n) is 7.34. The smallest absolute Gasteiger partial charge is 0.314 e. The summed E-state index contributed by atoms with van der Waals surface area (Å²) in [5.41, 5.74) is 0. The van der Waals surface area contributed by atoms with E-state index in [-0.39, 0.29) is 11.9 Å². The van der Waals surface area contributed by atoms with Gasteiger partial charge in [0.1, 0.15) is 11.7 Å². The van der Waals surface area contributed by atoms with E-state index in [1.807, 2.05) is 0 Å². The molecule has 0 heterocycles. The Morgan fingerprint density at radius 2 is 1.12 bits per heavy atom. The lowest BCUT2D eigenvalue weighted by Crippen LogP contribution is -2.23. The molecule has 4 nitrogen and oxygen atoms in total. The summed E-state index contributed by atoms with van der Waals surface area (Å²) in [5, 5.41) is 19.5. The molecule has 0 aromatic carbocycles. The minimum absolute atomic E-state index is 0.0927. The molecule has 0 aliphatic heterocycles. The number of Topliss-reactive ketones (excluding diaryl/α,β-unsaturated/α-hetero) is 1. The van der Waals surface area contributed by atoms with E-state index in [2.05, 4.69) is 62.5 Å². The van der Waals surface area contributed by atoms with E-state index in [0.717, 1.165) is 103 Å². The zero-order valence-electron chi connectivity index (χ0n) is 26.0. The summed E-state index contributed by atoms with van der Waals surface area (Å²) in [5.74, 6) is -1.88. The van der Waals surface area contributed by atoms with E-state index in [4.69, 9.17) is 0 Å². The number of aliphatic hydroxyl groups excluding tert-OH is 1. The molecule has 4 heteroatoms. The Kier molecular flexibility index (Phi) is 28.6. The van der Waals surface area contributed by atoms with Crippen LogP contribution in [0.3, 0.4) is 0 Å². The molecule has 0 saturated heterocycles. The van der Waals surface area contributed by atoms with Crippen LogP contribution in [-0.2, 0) is 9.59 Å². The van der Waals surface area contributed by atoms with Crippen molar-refractivity contribution in [1.82, 2.24) is 0 Å². The number of carbonyl (C=O) groups is 2. The van der Waals surface area contributed by atoms with Crippen LogP contribution in [-0.4, -0.2) is 28.1 Å². The zero-order valence-corrected chi connectivity index (χ0v) is 26.0. The van der Waals surface area contributed by atoms with Gasteiger partial charge in [-0.1, -0.05) is 127 Å². The van der Waals surface area contributed by atoms with Gasteiger partial charge < -0.3 is 10.2 Å². The van der Waals surface area contributed by atoms with Gasteiger partial charge in [-0.15, -0.1) is 0 Å². The first-order valence-electron chi connectivity index (χ1n) is 16.6. The van der Waals surface area contributed by atoms with Crippen LogP contribution < -0.4 is 0 Å². The summed E-state index contributed by atoms with van der Waals surface area (Å²) in [4.78, 5) is 24.1. The van der Waals surface area contributed by atoms with Crippen molar-refractivity contribution in [3.8, 4) is 0 Å². The molecular formula is C36H62O4. The third-order valence-corrected chi connectivity index (χ3v) is 7.34. The maximum Gasteiger partial charge on any atom is 0.314 e. The number of carboxylic acid groups (broad SMARTS) is 1. The van der Waals surface area contributed by atoms with Gasteiger partial charge >= 0.3 is 5.97 Å². The monoisotopic (exact) mass is 558 g/mol. The Bertz CT molecular complexity index is 704. The molecule has 0 rings (SSSR count). The molecule has 0 aromatic heterocycles. The molecule has 0 aliphatic carbocycles. The molecular weight excluding hydrogens is 496 g/mol. The largest absolute Gasteiger partial charge is 0.481 e. The summed E-state index contributed by atoms with van der Waals surface area (Å²) in [6.07, 6.45) is 38.9. The molecule has 2 unspecified atom stereocenters. The van der Waals surface area contributed by atoms with Crippen LogP contribution in [0, 0.1) is 5.92 Å². The lowest BCUT2D eigenvalue weighted by Gasteiger charge is -2.11. The van der Waals surface area contributed by atoms with Crippen molar-refractivity contribution in [2.45, 2.75) is 161 Å². The van der Waals surface area contributed by atoms with Crippen molar-refractivity contribution < 1.29 is 19.8 Å². The molecule has 0 aromatic rings. The van der Waals surface area contributed by atoms with E-state index in [0.29, 0.717) is 12.8 Å². The number of carbonyl (C=O) groups excluding carboxylic acids is 1. The van der Waals surface area contributed by atoms with Crippen LogP contribution in [0.15, 0.2) is 48.6 Å². The van der Waals surface area contributed by atoms with E-state index < -0.39 is 11.9 Å². The molecule has 0 spiro atoms. The van der Waals surface area contributed by atoms with Crippen LogP contribution >= 0.6 is 0 Å². The van der Waals surface area contributed by atoms with Gasteiger partial charge in [0.05, 0.1) is 6.10 Å². The Morgan fingerprint density at radius 3 is 1.77 bits per heavy atom. The van der Waals surface area contributed by atoms with Gasteiger partial charge in [0.25, 0.3) is 0 Å². The highest BCUT2D eigenvalue weighted by Crippen LogP contribution is 2.17. The molecule has 0 saturated carbocycles. The molecule has 0 fully saturated rings. The number of aliphatic carboxylic acids is 1. The zero-order chi connectivity index (χ0) is 29.5. The number of aliphatic hydroxyl groups is 1. The van der Waals surface area contributed by atoms with Crippen LogP contribution in [0.4, 0.5) is 0 Å². The van der Waals surface area contributed by atoms with Gasteiger partial charge in [-0.3, -0.25) is 9.59 Å². The van der Waals surface area contributed by atoms with E-state index in [9.17, 15) is 19.8 Å². The Balaban J connectivity index is 3.76. The highest BCUT2D eigenvalue weighted by Gasteiger charge is 2.24. The standard InChI is InChI=1S/C36H62O4/c1-3-5-7-9-10-11-12-13-14-15-16-17-21-24-28-32-35(38)34(36(39)40)31-27-23-20-18-19-22-26-30-33(37)29-25-8-6-4-2/h5,7,10-11,13-14,22,26,33-34,37H,3-4,6,8-9,12,15-21,23-25,27-32H2,1-2H3,(H,39,40)/b7-5-,11-10-,14-13-,26-22-. The molecule has 0 bridgehead atoms. The molecule has 2 N–H and O–H groups in total.